The fourth-order valence-electron chi connectivity index (χ4n) is 1.71. The third-order valence-corrected chi connectivity index (χ3v) is 3.08. The summed E-state index contributed by atoms with van der Waals surface area (Å²) in [6.07, 6.45) is 3.27. The summed E-state index contributed by atoms with van der Waals surface area (Å²) in [6.45, 7) is 5.11. The van der Waals surface area contributed by atoms with Crippen LogP contribution in [0.3, 0.4) is 0 Å². The number of carbonyl (C=O) groups excluding carboxylic acids is 1. The normalized spacial score (nSPS) is 17.1. The highest BCUT2D eigenvalue weighted by Crippen LogP contribution is 2.40. The van der Waals surface area contributed by atoms with Crippen LogP contribution in [0, 0.1) is 5.41 Å². The van der Waals surface area contributed by atoms with Gasteiger partial charge in [0.1, 0.15) is 0 Å². The largest absolute Gasteiger partial charge is 0.383 e. The molecule has 2 N–H and O–H groups in total. The molecule has 0 aromatic heterocycles. The molecule has 1 fully saturated rings. The average Bonchev–Trinajstić information content (AvgIpc) is 2.19. The van der Waals surface area contributed by atoms with Crippen molar-refractivity contribution in [1.29, 1.82) is 0 Å². The van der Waals surface area contributed by atoms with Crippen LogP contribution in [-0.4, -0.2) is 39.3 Å². The van der Waals surface area contributed by atoms with Gasteiger partial charge in [-0.2, -0.15) is 0 Å². The number of nitrogens with one attached hydrogen (secondary N) is 2. The van der Waals surface area contributed by atoms with Gasteiger partial charge in [0.15, 0.2) is 0 Å². The van der Waals surface area contributed by atoms with Gasteiger partial charge in [0.05, 0.1) is 6.61 Å². The second kappa shape index (κ2) is 7.87. The van der Waals surface area contributed by atoms with Crippen LogP contribution in [0.2, 0.25) is 0 Å². The van der Waals surface area contributed by atoms with Crippen molar-refractivity contribution in [1.82, 2.24) is 10.6 Å². The number of amides is 1. The third-order valence-electron chi connectivity index (χ3n) is 3.08. The summed E-state index contributed by atoms with van der Waals surface area (Å²) in [5.74, 6) is 0.210. The van der Waals surface area contributed by atoms with E-state index in [0.29, 0.717) is 13.2 Å². The van der Waals surface area contributed by atoms with Gasteiger partial charge >= 0.3 is 0 Å². The van der Waals surface area contributed by atoms with E-state index in [0.717, 1.165) is 25.9 Å². The summed E-state index contributed by atoms with van der Waals surface area (Å²) in [5, 5.41) is 6.15. The lowest BCUT2D eigenvalue weighted by Gasteiger charge is -2.36. The first kappa shape index (κ1) is 15.7. The monoisotopic (exact) mass is 250 g/mol. The Morgan fingerprint density at radius 1 is 1.31 bits per heavy atom. The SMILES string of the molecule is COCCNCCNC(=O)C1(C)CCC1.Cl. The predicted octanol–water partition coefficient (Wildman–Crippen LogP) is 0.951. The van der Waals surface area contributed by atoms with Crippen molar-refractivity contribution < 1.29 is 9.53 Å². The summed E-state index contributed by atoms with van der Waals surface area (Å²) >= 11 is 0. The Morgan fingerprint density at radius 2 is 2.00 bits per heavy atom. The number of methoxy groups -OCH3 is 1. The van der Waals surface area contributed by atoms with E-state index in [-0.39, 0.29) is 23.7 Å². The number of carbonyl (C=O) groups is 1. The predicted molar refractivity (Wildman–Crippen MR) is 67.0 cm³/mol. The van der Waals surface area contributed by atoms with Gasteiger partial charge in [-0.3, -0.25) is 4.79 Å². The number of halogens is 1. The molecule has 0 saturated heterocycles. The molecule has 0 bridgehead atoms. The zero-order valence-electron chi connectivity index (χ0n) is 10.2. The van der Waals surface area contributed by atoms with E-state index in [1.165, 1.54) is 6.42 Å². The van der Waals surface area contributed by atoms with Gasteiger partial charge in [-0.15, -0.1) is 12.4 Å². The Bertz CT molecular complexity index is 208. The quantitative estimate of drug-likeness (QED) is 0.662. The Hall–Kier alpha value is -0.320. The smallest absolute Gasteiger partial charge is 0.225 e. The lowest BCUT2D eigenvalue weighted by molar-refractivity contribution is -0.134. The number of hydrogen-bond acceptors (Lipinski definition) is 3. The molecule has 0 unspecified atom stereocenters. The van der Waals surface area contributed by atoms with Crippen LogP contribution in [0.25, 0.3) is 0 Å². The van der Waals surface area contributed by atoms with E-state index in [1.54, 1.807) is 7.11 Å². The minimum atomic E-state index is -0.0769. The third kappa shape index (κ3) is 4.68. The second-order valence-corrected chi connectivity index (χ2v) is 4.41. The van der Waals surface area contributed by atoms with Crippen molar-refractivity contribution in [3.8, 4) is 0 Å². The van der Waals surface area contributed by atoms with Crippen molar-refractivity contribution in [2.75, 3.05) is 33.4 Å². The molecule has 1 saturated carbocycles. The first-order chi connectivity index (χ1) is 7.19. The molecule has 4 nitrogen and oxygen atoms in total. The molecular weight excluding hydrogens is 228 g/mol. The van der Waals surface area contributed by atoms with Gasteiger partial charge in [0, 0.05) is 32.2 Å². The highest BCUT2D eigenvalue weighted by molar-refractivity contribution is 5.85. The van der Waals surface area contributed by atoms with Crippen LogP contribution in [0.5, 0.6) is 0 Å². The maximum absolute atomic E-state index is 11.7. The maximum Gasteiger partial charge on any atom is 0.225 e. The number of ether oxygens (including phenoxy) is 1. The zero-order chi connectivity index (χ0) is 11.1. The van der Waals surface area contributed by atoms with Gasteiger partial charge in [-0.1, -0.05) is 13.3 Å². The number of hydrogen-bond donors (Lipinski definition) is 2. The van der Waals surface area contributed by atoms with Crippen LogP contribution in [-0.2, 0) is 9.53 Å². The highest BCUT2D eigenvalue weighted by atomic mass is 35.5. The fourth-order valence-corrected chi connectivity index (χ4v) is 1.71. The number of rotatable bonds is 7. The lowest BCUT2D eigenvalue weighted by Crippen LogP contribution is -2.45. The summed E-state index contributed by atoms with van der Waals surface area (Å²) < 4.78 is 4.90. The van der Waals surface area contributed by atoms with Crippen molar-refractivity contribution in [3.05, 3.63) is 0 Å². The van der Waals surface area contributed by atoms with Gasteiger partial charge in [-0.25, -0.2) is 0 Å². The first-order valence-electron chi connectivity index (χ1n) is 5.67. The molecule has 0 radical (unpaired) electrons. The topological polar surface area (TPSA) is 50.4 Å². The van der Waals surface area contributed by atoms with Crippen LogP contribution in [0.15, 0.2) is 0 Å². The minimum Gasteiger partial charge on any atom is -0.383 e. The molecule has 1 aliphatic rings. The fraction of sp³-hybridized carbons (Fsp3) is 0.909. The second-order valence-electron chi connectivity index (χ2n) is 4.41. The summed E-state index contributed by atoms with van der Waals surface area (Å²) in [5.41, 5.74) is -0.0769. The molecule has 1 aliphatic carbocycles. The standard InChI is InChI=1S/C11H22N2O2.ClH/c1-11(4-3-5-11)10(14)13-7-6-12-8-9-15-2;/h12H,3-9H2,1-2H3,(H,13,14);1H. The summed E-state index contributed by atoms with van der Waals surface area (Å²) in [7, 11) is 1.68. The van der Waals surface area contributed by atoms with E-state index in [2.05, 4.69) is 10.6 Å². The Labute approximate surface area is 104 Å². The average molecular weight is 251 g/mol. The van der Waals surface area contributed by atoms with Crippen molar-refractivity contribution in [3.63, 3.8) is 0 Å². The molecule has 1 rings (SSSR count). The van der Waals surface area contributed by atoms with Crippen molar-refractivity contribution in [2.24, 2.45) is 5.41 Å². The van der Waals surface area contributed by atoms with Crippen LogP contribution in [0.4, 0.5) is 0 Å². The molecule has 0 spiro atoms. The maximum atomic E-state index is 11.7. The van der Waals surface area contributed by atoms with E-state index in [4.69, 9.17) is 4.74 Å². The molecule has 16 heavy (non-hydrogen) atoms. The van der Waals surface area contributed by atoms with Crippen LogP contribution >= 0.6 is 12.4 Å². The summed E-state index contributed by atoms with van der Waals surface area (Å²) in [4.78, 5) is 11.7. The van der Waals surface area contributed by atoms with Gasteiger partial charge < -0.3 is 15.4 Å². The molecule has 0 aromatic rings. The molecule has 5 heteroatoms. The van der Waals surface area contributed by atoms with Gasteiger partial charge in [0.2, 0.25) is 5.91 Å². The molecule has 0 atom stereocenters. The van der Waals surface area contributed by atoms with Gasteiger partial charge in [-0.05, 0) is 12.8 Å². The zero-order valence-corrected chi connectivity index (χ0v) is 11.0. The highest BCUT2D eigenvalue weighted by Gasteiger charge is 2.38. The van der Waals surface area contributed by atoms with E-state index >= 15 is 0 Å². The van der Waals surface area contributed by atoms with Crippen LogP contribution < -0.4 is 10.6 Å². The Morgan fingerprint density at radius 3 is 2.50 bits per heavy atom. The van der Waals surface area contributed by atoms with E-state index < -0.39 is 0 Å². The molecule has 0 heterocycles. The Balaban J connectivity index is 0.00000225. The van der Waals surface area contributed by atoms with Gasteiger partial charge in [0.25, 0.3) is 0 Å². The van der Waals surface area contributed by atoms with Crippen molar-refractivity contribution in [2.45, 2.75) is 26.2 Å². The molecule has 1 amide bonds. The van der Waals surface area contributed by atoms with E-state index in [9.17, 15) is 4.79 Å². The minimum absolute atomic E-state index is 0. The molecular formula is C11H23ClN2O2. The van der Waals surface area contributed by atoms with E-state index in [1.807, 2.05) is 6.92 Å². The molecule has 0 aromatic carbocycles. The Kier molecular flexibility index (Phi) is 7.72. The first-order valence-corrected chi connectivity index (χ1v) is 5.67. The molecule has 96 valence electrons. The lowest BCUT2D eigenvalue weighted by atomic mass is 9.70. The van der Waals surface area contributed by atoms with Crippen molar-refractivity contribution >= 4 is 18.3 Å². The molecule has 0 aliphatic heterocycles. The van der Waals surface area contributed by atoms with Crippen LogP contribution in [0.1, 0.15) is 26.2 Å². The summed E-state index contributed by atoms with van der Waals surface area (Å²) in [6, 6.07) is 0.